The molecule has 0 amide bonds. The summed E-state index contributed by atoms with van der Waals surface area (Å²) >= 11 is 11.9. The molecule has 5 nitrogen and oxygen atoms in total. The number of hydrogen-bond donors (Lipinski definition) is 1. The quantitative estimate of drug-likeness (QED) is 0.538. The number of aromatic nitrogens is 2. The molecular formula is C24H27ClFN5S. The third-order valence-corrected chi connectivity index (χ3v) is 6.61. The summed E-state index contributed by atoms with van der Waals surface area (Å²) in [6, 6.07) is 15.1. The second-order valence-corrected chi connectivity index (χ2v) is 8.88. The Morgan fingerprint density at radius 2 is 1.75 bits per heavy atom. The van der Waals surface area contributed by atoms with Crippen LogP contribution < -0.4 is 5.32 Å². The lowest BCUT2D eigenvalue weighted by Gasteiger charge is -2.36. The molecule has 0 atom stereocenters. The molecule has 1 aliphatic heterocycles. The predicted molar refractivity (Wildman–Crippen MR) is 132 cm³/mol. The number of aryl methyl sites for hydroxylation is 1. The minimum absolute atomic E-state index is 0.254. The molecule has 2 heterocycles. The van der Waals surface area contributed by atoms with Gasteiger partial charge >= 0.3 is 0 Å². The fourth-order valence-electron chi connectivity index (χ4n) is 3.99. The zero-order valence-corrected chi connectivity index (χ0v) is 19.9. The standard InChI is InChI=1S/C24H27ClFN5S/c1-17-23(18(2)31(28-17)15-19-7-4-3-5-8-19)27-24(32)30-13-11-29(12-14-30)16-20-21(25)9-6-10-22(20)26/h3-10H,11-16H2,1-2H3,(H,27,32). The minimum atomic E-state index is -0.254. The van der Waals surface area contributed by atoms with Gasteiger partial charge in [0.25, 0.3) is 0 Å². The van der Waals surface area contributed by atoms with Gasteiger partial charge in [-0.1, -0.05) is 48.0 Å². The Balaban J connectivity index is 1.35. The average Bonchev–Trinajstić information content (AvgIpc) is 3.05. The van der Waals surface area contributed by atoms with E-state index in [1.54, 1.807) is 12.1 Å². The first kappa shape index (κ1) is 22.7. The van der Waals surface area contributed by atoms with Crippen LogP contribution in [0.3, 0.4) is 0 Å². The maximum Gasteiger partial charge on any atom is 0.173 e. The number of rotatable bonds is 5. The molecular weight excluding hydrogens is 445 g/mol. The van der Waals surface area contributed by atoms with Gasteiger partial charge in [-0.05, 0) is 43.8 Å². The first-order chi connectivity index (χ1) is 15.4. The summed E-state index contributed by atoms with van der Waals surface area (Å²) in [6.07, 6.45) is 0. The molecule has 8 heteroatoms. The van der Waals surface area contributed by atoms with Crippen molar-refractivity contribution < 1.29 is 4.39 Å². The van der Waals surface area contributed by atoms with Crippen molar-refractivity contribution >= 4 is 34.6 Å². The highest BCUT2D eigenvalue weighted by Crippen LogP contribution is 2.23. The summed E-state index contributed by atoms with van der Waals surface area (Å²) in [5, 5.41) is 9.28. The first-order valence-corrected chi connectivity index (χ1v) is 11.5. The summed E-state index contributed by atoms with van der Waals surface area (Å²) in [6.45, 7) is 8.40. The van der Waals surface area contributed by atoms with E-state index in [0.717, 1.165) is 49.8 Å². The van der Waals surface area contributed by atoms with Gasteiger partial charge in [0.15, 0.2) is 5.11 Å². The number of thiocarbonyl (C=S) groups is 1. The van der Waals surface area contributed by atoms with Gasteiger partial charge in [-0.3, -0.25) is 9.58 Å². The van der Waals surface area contributed by atoms with E-state index in [4.69, 9.17) is 28.9 Å². The lowest BCUT2D eigenvalue weighted by atomic mass is 10.2. The largest absolute Gasteiger partial charge is 0.346 e. The molecule has 1 saturated heterocycles. The highest BCUT2D eigenvalue weighted by Gasteiger charge is 2.22. The van der Waals surface area contributed by atoms with Gasteiger partial charge in [-0.15, -0.1) is 0 Å². The van der Waals surface area contributed by atoms with Crippen LogP contribution in [0.1, 0.15) is 22.5 Å². The van der Waals surface area contributed by atoms with E-state index in [1.165, 1.54) is 11.6 Å². The molecule has 2 aromatic carbocycles. The van der Waals surface area contributed by atoms with Crippen LogP contribution >= 0.6 is 23.8 Å². The zero-order valence-electron chi connectivity index (χ0n) is 18.3. The normalized spacial score (nSPS) is 14.6. The third kappa shape index (κ3) is 5.11. The van der Waals surface area contributed by atoms with Gasteiger partial charge in [0.05, 0.1) is 23.6 Å². The van der Waals surface area contributed by atoms with Crippen LogP contribution in [0, 0.1) is 19.7 Å². The van der Waals surface area contributed by atoms with Crippen LogP contribution in [0.4, 0.5) is 10.1 Å². The van der Waals surface area contributed by atoms with Crippen molar-refractivity contribution in [3.05, 3.63) is 81.9 Å². The van der Waals surface area contributed by atoms with E-state index in [2.05, 4.69) is 34.2 Å². The smallest absolute Gasteiger partial charge is 0.173 e. The Morgan fingerprint density at radius 1 is 1.03 bits per heavy atom. The summed E-state index contributed by atoms with van der Waals surface area (Å²) in [7, 11) is 0. The molecule has 168 valence electrons. The van der Waals surface area contributed by atoms with E-state index >= 15 is 0 Å². The fraction of sp³-hybridized carbons (Fsp3) is 0.333. The number of nitrogens with zero attached hydrogens (tertiary/aromatic N) is 4. The van der Waals surface area contributed by atoms with Gasteiger partial charge in [-0.2, -0.15) is 5.10 Å². The maximum absolute atomic E-state index is 14.1. The average molecular weight is 472 g/mol. The molecule has 1 aliphatic rings. The summed E-state index contributed by atoms with van der Waals surface area (Å²) in [4.78, 5) is 4.36. The Morgan fingerprint density at radius 3 is 2.44 bits per heavy atom. The lowest BCUT2D eigenvalue weighted by Crippen LogP contribution is -2.49. The Hall–Kier alpha value is -2.48. The summed E-state index contributed by atoms with van der Waals surface area (Å²) < 4.78 is 16.1. The van der Waals surface area contributed by atoms with E-state index < -0.39 is 0 Å². The van der Waals surface area contributed by atoms with Crippen LogP contribution in [0.15, 0.2) is 48.5 Å². The van der Waals surface area contributed by atoms with Crippen molar-refractivity contribution in [2.45, 2.75) is 26.9 Å². The van der Waals surface area contributed by atoms with Crippen molar-refractivity contribution in [1.29, 1.82) is 0 Å². The molecule has 0 saturated carbocycles. The number of hydrogen-bond acceptors (Lipinski definition) is 3. The second-order valence-electron chi connectivity index (χ2n) is 8.08. The second kappa shape index (κ2) is 9.98. The fourth-order valence-corrected chi connectivity index (χ4v) is 4.50. The topological polar surface area (TPSA) is 36.3 Å². The van der Waals surface area contributed by atoms with Crippen LogP contribution in [-0.4, -0.2) is 50.9 Å². The van der Waals surface area contributed by atoms with E-state index in [1.807, 2.05) is 29.8 Å². The van der Waals surface area contributed by atoms with Crippen LogP contribution in [-0.2, 0) is 13.1 Å². The number of anilines is 1. The SMILES string of the molecule is Cc1nn(Cc2ccccc2)c(C)c1NC(=S)N1CCN(Cc2c(F)cccc2Cl)CC1. The van der Waals surface area contributed by atoms with Crippen molar-refractivity contribution in [3.63, 3.8) is 0 Å². The molecule has 1 aromatic heterocycles. The summed E-state index contributed by atoms with van der Waals surface area (Å²) in [5.41, 5.74) is 4.71. The van der Waals surface area contributed by atoms with Crippen LogP contribution in [0.2, 0.25) is 5.02 Å². The molecule has 3 aromatic rings. The molecule has 0 unspecified atom stereocenters. The molecule has 32 heavy (non-hydrogen) atoms. The highest BCUT2D eigenvalue weighted by atomic mass is 35.5. The van der Waals surface area contributed by atoms with E-state index in [9.17, 15) is 4.39 Å². The molecule has 1 fully saturated rings. The third-order valence-electron chi connectivity index (χ3n) is 5.89. The number of halogens is 2. The van der Waals surface area contributed by atoms with Crippen LogP contribution in [0.25, 0.3) is 0 Å². The van der Waals surface area contributed by atoms with Gasteiger partial charge in [-0.25, -0.2) is 4.39 Å². The number of piperazine rings is 1. The zero-order chi connectivity index (χ0) is 22.7. The molecule has 0 bridgehead atoms. The van der Waals surface area contributed by atoms with Crippen molar-refractivity contribution in [2.75, 3.05) is 31.5 Å². The maximum atomic E-state index is 14.1. The number of benzene rings is 2. The summed E-state index contributed by atoms with van der Waals surface area (Å²) in [5.74, 6) is -0.254. The van der Waals surface area contributed by atoms with Crippen molar-refractivity contribution in [2.24, 2.45) is 0 Å². The predicted octanol–water partition coefficient (Wildman–Crippen LogP) is 4.86. The Bertz CT molecular complexity index is 1070. The molecule has 4 rings (SSSR count). The molecule has 0 aliphatic carbocycles. The Kier molecular flexibility index (Phi) is 7.08. The van der Waals surface area contributed by atoms with Crippen molar-refractivity contribution in [3.8, 4) is 0 Å². The monoisotopic (exact) mass is 471 g/mol. The van der Waals surface area contributed by atoms with E-state index in [-0.39, 0.29) is 5.82 Å². The van der Waals surface area contributed by atoms with Gasteiger partial charge in [0, 0.05) is 43.3 Å². The first-order valence-electron chi connectivity index (χ1n) is 10.7. The molecule has 0 radical (unpaired) electrons. The molecule has 0 spiro atoms. The van der Waals surface area contributed by atoms with Gasteiger partial charge < -0.3 is 10.2 Å². The van der Waals surface area contributed by atoms with Gasteiger partial charge in [0.1, 0.15) is 5.82 Å². The van der Waals surface area contributed by atoms with Crippen LogP contribution in [0.5, 0.6) is 0 Å². The minimum Gasteiger partial charge on any atom is -0.346 e. The number of nitrogens with one attached hydrogen (secondary N) is 1. The van der Waals surface area contributed by atoms with E-state index in [0.29, 0.717) is 22.2 Å². The lowest BCUT2D eigenvalue weighted by molar-refractivity contribution is 0.175. The molecule has 1 N–H and O–H groups in total. The highest BCUT2D eigenvalue weighted by molar-refractivity contribution is 7.80. The Labute approximate surface area is 198 Å². The van der Waals surface area contributed by atoms with Gasteiger partial charge in [0.2, 0.25) is 0 Å². The van der Waals surface area contributed by atoms with Crippen molar-refractivity contribution in [1.82, 2.24) is 19.6 Å².